The molecular formula is C19H30S2. The van der Waals surface area contributed by atoms with E-state index < -0.39 is 0 Å². The fourth-order valence-electron chi connectivity index (χ4n) is 2.75. The van der Waals surface area contributed by atoms with E-state index in [9.17, 15) is 0 Å². The Hall–Kier alpha value is -0.340. The predicted molar refractivity (Wildman–Crippen MR) is 103 cm³/mol. The topological polar surface area (TPSA) is 0 Å². The second-order valence-corrected chi connectivity index (χ2v) is 7.05. The Bertz CT molecular complexity index is 398. The molecule has 2 heteroatoms. The Kier molecular flexibility index (Phi) is 10.9. The molecule has 0 saturated heterocycles. The first-order chi connectivity index (χ1) is 10.3. The number of unbranched alkanes of at least 4 members (excludes halogenated alkanes) is 9. The highest BCUT2D eigenvalue weighted by atomic mass is 32.1. The quantitative estimate of drug-likeness (QED) is 0.252. The van der Waals surface area contributed by atoms with Gasteiger partial charge >= 0.3 is 0 Å². The fourth-order valence-corrected chi connectivity index (χ4v) is 3.17. The van der Waals surface area contributed by atoms with Gasteiger partial charge < -0.3 is 0 Å². The first kappa shape index (κ1) is 18.7. The standard InChI is InChI=1S/C19H30S2/c1-2-3-4-5-6-7-8-9-10-11-14-17-15-12-13-16-18(17)19(20)21/h12-13,15-16H,2-11,14H2,1H3,(H,20,21). The highest BCUT2D eigenvalue weighted by molar-refractivity contribution is 8.11. The van der Waals surface area contributed by atoms with Gasteiger partial charge in [-0.25, -0.2) is 0 Å². The predicted octanol–water partition coefficient (Wildman–Crippen LogP) is 6.76. The zero-order chi connectivity index (χ0) is 15.3. The second-order valence-electron chi connectivity index (χ2n) is 5.89. The average molecular weight is 323 g/mol. The van der Waals surface area contributed by atoms with E-state index in [0.29, 0.717) is 0 Å². The fraction of sp³-hybridized carbons (Fsp3) is 0.632. The van der Waals surface area contributed by atoms with Crippen LogP contribution in [0.5, 0.6) is 0 Å². The van der Waals surface area contributed by atoms with Gasteiger partial charge in [0.05, 0.1) is 4.20 Å². The molecule has 0 amide bonds. The molecule has 0 atom stereocenters. The van der Waals surface area contributed by atoms with Gasteiger partial charge in [0.1, 0.15) is 0 Å². The van der Waals surface area contributed by atoms with Crippen LogP contribution in [-0.2, 0) is 6.42 Å². The van der Waals surface area contributed by atoms with Gasteiger partial charge in [0.2, 0.25) is 0 Å². The maximum Gasteiger partial charge on any atom is 0.0750 e. The van der Waals surface area contributed by atoms with E-state index in [0.717, 1.165) is 16.2 Å². The van der Waals surface area contributed by atoms with Gasteiger partial charge in [-0.1, -0.05) is 101 Å². The zero-order valence-electron chi connectivity index (χ0n) is 13.4. The molecule has 0 aromatic heterocycles. The van der Waals surface area contributed by atoms with Gasteiger partial charge in [0.15, 0.2) is 0 Å². The molecule has 0 saturated carbocycles. The smallest absolute Gasteiger partial charge is 0.0750 e. The third-order valence-electron chi connectivity index (χ3n) is 4.05. The summed E-state index contributed by atoms with van der Waals surface area (Å²) in [5, 5.41) is 0. The maximum absolute atomic E-state index is 5.19. The summed E-state index contributed by atoms with van der Waals surface area (Å²) < 4.78 is 0.720. The molecule has 0 nitrogen and oxygen atoms in total. The van der Waals surface area contributed by atoms with Gasteiger partial charge in [-0.3, -0.25) is 0 Å². The van der Waals surface area contributed by atoms with Crippen molar-refractivity contribution in [1.29, 1.82) is 0 Å². The van der Waals surface area contributed by atoms with Crippen molar-refractivity contribution in [2.24, 2.45) is 0 Å². The molecule has 1 aromatic carbocycles. The van der Waals surface area contributed by atoms with Crippen molar-refractivity contribution >= 4 is 29.0 Å². The molecule has 0 bridgehead atoms. The molecule has 0 radical (unpaired) electrons. The van der Waals surface area contributed by atoms with Gasteiger partial charge in [-0.15, -0.1) is 12.6 Å². The summed E-state index contributed by atoms with van der Waals surface area (Å²) in [4.78, 5) is 0. The molecule has 0 aliphatic heterocycles. The van der Waals surface area contributed by atoms with Crippen molar-refractivity contribution in [3.05, 3.63) is 35.4 Å². The van der Waals surface area contributed by atoms with Gasteiger partial charge in [0, 0.05) is 5.56 Å². The summed E-state index contributed by atoms with van der Waals surface area (Å²) in [5.41, 5.74) is 2.50. The van der Waals surface area contributed by atoms with E-state index in [1.807, 2.05) is 6.07 Å². The van der Waals surface area contributed by atoms with E-state index in [4.69, 9.17) is 12.2 Å². The number of rotatable bonds is 12. The minimum Gasteiger partial charge on any atom is -0.131 e. The minimum absolute atomic E-state index is 0.720. The SMILES string of the molecule is CCCCCCCCCCCCc1ccccc1C(=S)S. The number of thiol groups is 1. The van der Waals surface area contributed by atoms with Crippen LogP contribution < -0.4 is 0 Å². The lowest BCUT2D eigenvalue weighted by molar-refractivity contribution is 0.556. The third kappa shape index (κ3) is 8.63. The lowest BCUT2D eigenvalue weighted by Gasteiger charge is -2.07. The Morgan fingerprint density at radius 1 is 0.857 bits per heavy atom. The number of hydrogen-bond acceptors (Lipinski definition) is 1. The lowest BCUT2D eigenvalue weighted by atomic mass is 10.0. The summed E-state index contributed by atoms with van der Waals surface area (Å²) >= 11 is 9.51. The molecule has 1 rings (SSSR count). The van der Waals surface area contributed by atoms with Gasteiger partial charge in [0.25, 0.3) is 0 Å². The average Bonchev–Trinajstić information content (AvgIpc) is 2.49. The minimum atomic E-state index is 0.720. The number of thiocarbonyl (C=S) groups is 1. The van der Waals surface area contributed by atoms with Crippen LogP contribution in [0.3, 0.4) is 0 Å². The van der Waals surface area contributed by atoms with Crippen molar-refractivity contribution in [2.45, 2.75) is 77.6 Å². The first-order valence-corrected chi connectivity index (χ1v) is 9.42. The summed E-state index contributed by atoms with van der Waals surface area (Å²) in [6.07, 6.45) is 15.0. The molecule has 0 N–H and O–H groups in total. The molecular weight excluding hydrogens is 292 g/mol. The van der Waals surface area contributed by atoms with Crippen molar-refractivity contribution in [3.63, 3.8) is 0 Å². The molecule has 1 aromatic rings. The Balaban J connectivity index is 2.06. The van der Waals surface area contributed by atoms with Crippen LogP contribution in [0.4, 0.5) is 0 Å². The van der Waals surface area contributed by atoms with Crippen LogP contribution in [0.25, 0.3) is 0 Å². The maximum atomic E-state index is 5.19. The van der Waals surface area contributed by atoms with Crippen molar-refractivity contribution < 1.29 is 0 Å². The first-order valence-electron chi connectivity index (χ1n) is 8.57. The number of benzene rings is 1. The zero-order valence-corrected chi connectivity index (χ0v) is 15.2. The summed E-state index contributed by atoms with van der Waals surface area (Å²) in [7, 11) is 0. The second kappa shape index (κ2) is 12.2. The lowest BCUT2D eigenvalue weighted by Crippen LogP contribution is -1.96. The van der Waals surface area contributed by atoms with E-state index in [1.54, 1.807) is 0 Å². The third-order valence-corrected chi connectivity index (χ3v) is 4.51. The van der Waals surface area contributed by atoms with Crippen LogP contribution in [-0.4, -0.2) is 4.20 Å². The van der Waals surface area contributed by atoms with E-state index in [1.165, 1.54) is 69.8 Å². The monoisotopic (exact) mass is 322 g/mol. The molecule has 0 heterocycles. The largest absolute Gasteiger partial charge is 0.131 e. The molecule has 0 unspecified atom stereocenters. The molecule has 0 aliphatic rings. The molecule has 118 valence electrons. The molecule has 0 aliphatic carbocycles. The van der Waals surface area contributed by atoms with Gasteiger partial charge in [-0.05, 0) is 18.4 Å². The van der Waals surface area contributed by atoms with Crippen molar-refractivity contribution in [1.82, 2.24) is 0 Å². The van der Waals surface area contributed by atoms with Crippen molar-refractivity contribution in [3.8, 4) is 0 Å². The Labute approximate surface area is 142 Å². The Morgan fingerprint density at radius 3 is 1.95 bits per heavy atom. The highest BCUT2D eigenvalue weighted by Crippen LogP contribution is 2.16. The van der Waals surface area contributed by atoms with Crippen LogP contribution in [0.2, 0.25) is 0 Å². The van der Waals surface area contributed by atoms with E-state index in [-0.39, 0.29) is 0 Å². The van der Waals surface area contributed by atoms with E-state index >= 15 is 0 Å². The van der Waals surface area contributed by atoms with Crippen LogP contribution in [0, 0.1) is 0 Å². The molecule has 0 spiro atoms. The Morgan fingerprint density at radius 2 is 1.38 bits per heavy atom. The highest BCUT2D eigenvalue weighted by Gasteiger charge is 2.03. The van der Waals surface area contributed by atoms with Crippen LogP contribution in [0.1, 0.15) is 82.3 Å². The van der Waals surface area contributed by atoms with E-state index in [2.05, 4.69) is 37.8 Å². The summed E-state index contributed by atoms with van der Waals surface area (Å²) in [5.74, 6) is 0. The molecule has 21 heavy (non-hydrogen) atoms. The van der Waals surface area contributed by atoms with Gasteiger partial charge in [-0.2, -0.15) is 0 Å². The number of hydrogen-bond donors (Lipinski definition) is 1. The summed E-state index contributed by atoms with van der Waals surface area (Å²) in [6, 6.07) is 8.41. The normalized spacial score (nSPS) is 10.8. The summed E-state index contributed by atoms with van der Waals surface area (Å²) in [6.45, 7) is 2.28. The van der Waals surface area contributed by atoms with Crippen LogP contribution >= 0.6 is 24.8 Å². The number of aryl methyl sites for hydroxylation is 1. The van der Waals surface area contributed by atoms with Crippen molar-refractivity contribution in [2.75, 3.05) is 0 Å². The molecule has 0 fully saturated rings. The van der Waals surface area contributed by atoms with Crippen LogP contribution in [0.15, 0.2) is 24.3 Å².